The molecule has 0 aliphatic carbocycles. The van der Waals surface area contributed by atoms with Crippen LogP contribution in [-0.2, 0) is 16.1 Å². The van der Waals surface area contributed by atoms with Crippen molar-refractivity contribution in [2.75, 3.05) is 26.3 Å². The summed E-state index contributed by atoms with van der Waals surface area (Å²) in [7, 11) is 0. The third kappa shape index (κ3) is 5.05. The predicted molar refractivity (Wildman–Crippen MR) is 103 cm³/mol. The standard InChI is InChI=1S/C20H29BrN2O2/c1-2-20(24)23(19-8-12-25-13-9-19)18-6-10-22(11-7-18)15-16-4-3-5-17(21)14-16/h3-5,14,18-19H,2,6-13,15H2,1H3. The Labute approximate surface area is 159 Å². The highest BCUT2D eigenvalue weighted by atomic mass is 79.9. The van der Waals surface area contributed by atoms with E-state index in [1.807, 2.05) is 6.92 Å². The summed E-state index contributed by atoms with van der Waals surface area (Å²) in [5, 5.41) is 0. The van der Waals surface area contributed by atoms with E-state index in [1.165, 1.54) is 5.56 Å². The molecule has 2 heterocycles. The summed E-state index contributed by atoms with van der Waals surface area (Å²) in [4.78, 5) is 17.3. The average molecular weight is 409 g/mol. The molecule has 0 aromatic heterocycles. The molecule has 0 atom stereocenters. The number of ether oxygens (including phenoxy) is 1. The zero-order chi connectivity index (χ0) is 17.6. The summed E-state index contributed by atoms with van der Waals surface area (Å²) in [6.07, 6.45) is 4.75. The number of benzene rings is 1. The van der Waals surface area contributed by atoms with Gasteiger partial charge in [-0.05, 0) is 43.4 Å². The van der Waals surface area contributed by atoms with Crippen LogP contribution in [-0.4, -0.2) is 54.1 Å². The molecule has 138 valence electrons. The molecule has 2 aliphatic rings. The first-order valence-electron chi connectivity index (χ1n) is 9.53. The Morgan fingerprint density at radius 1 is 1.20 bits per heavy atom. The molecule has 4 nitrogen and oxygen atoms in total. The maximum Gasteiger partial charge on any atom is 0.222 e. The van der Waals surface area contributed by atoms with E-state index in [4.69, 9.17) is 4.74 Å². The number of hydrogen-bond donors (Lipinski definition) is 0. The van der Waals surface area contributed by atoms with Crippen LogP contribution in [0.4, 0.5) is 0 Å². The first kappa shape index (κ1) is 18.9. The van der Waals surface area contributed by atoms with Crippen LogP contribution >= 0.6 is 15.9 Å². The lowest BCUT2D eigenvalue weighted by molar-refractivity contribution is -0.139. The molecule has 2 aliphatic heterocycles. The maximum atomic E-state index is 12.6. The van der Waals surface area contributed by atoms with Crippen molar-refractivity contribution < 1.29 is 9.53 Å². The van der Waals surface area contributed by atoms with Crippen molar-refractivity contribution >= 4 is 21.8 Å². The van der Waals surface area contributed by atoms with Crippen molar-refractivity contribution in [2.45, 2.75) is 57.7 Å². The predicted octanol–water partition coefficient (Wildman–Crippen LogP) is 3.83. The molecule has 3 rings (SSSR count). The molecule has 2 fully saturated rings. The highest BCUT2D eigenvalue weighted by Crippen LogP contribution is 2.25. The van der Waals surface area contributed by atoms with Gasteiger partial charge in [-0.25, -0.2) is 0 Å². The molecule has 0 radical (unpaired) electrons. The largest absolute Gasteiger partial charge is 0.381 e. The van der Waals surface area contributed by atoms with Crippen molar-refractivity contribution in [2.24, 2.45) is 0 Å². The van der Waals surface area contributed by atoms with E-state index >= 15 is 0 Å². The highest BCUT2D eigenvalue weighted by molar-refractivity contribution is 9.10. The number of carbonyl (C=O) groups is 1. The van der Waals surface area contributed by atoms with Crippen LogP contribution in [0.5, 0.6) is 0 Å². The zero-order valence-electron chi connectivity index (χ0n) is 15.1. The number of piperidine rings is 1. The summed E-state index contributed by atoms with van der Waals surface area (Å²) in [5.74, 6) is 0.317. The third-order valence-electron chi connectivity index (χ3n) is 5.42. The molecule has 0 spiro atoms. The lowest BCUT2D eigenvalue weighted by Crippen LogP contribution is -2.52. The second-order valence-electron chi connectivity index (χ2n) is 7.14. The van der Waals surface area contributed by atoms with Crippen LogP contribution in [0.3, 0.4) is 0 Å². The van der Waals surface area contributed by atoms with Gasteiger partial charge in [0, 0.05) is 55.8 Å². The van der Waals surface area contributed by atoms with Crippen molar-refractivity contribution in [1.29, 1.82) is 0 Å². The van der Waals surface area contributed by atoms with E-state index in [0.717, 1.165) is 63.0 Å². The lowest BCUT2D eigenvalue weighted by Gasteiger charge is -2.43. The molecule has 5 heteroatoms. The van der Waals surface area contributed by atoms with E-state index in [0.29, 0.717) is 24.4 Å². The fourth-order valence-corrected chi connectivity index (χ4v) is 4.55. The van der Waals surface area contributed by atoms with Crippen LogP contribution in [0, 0.1) is 0 Å². The Morgan fingerprint density at radius 2 is 1.88 bits per heavy atom. The molecule has 0 saturated carbocycles. The Hall–Kier alpha value is -0.910. The van der Waals surface area contributed by atoms with Gasteiger partial charge in [-0.15, -0.1) is 0 Å². The number of halogens is 1. The van der Waals surface area contributed by atoms with Gasteiger partial charge in [0.2, 0.25) is 5.91 Å². The summed E-state index contributed by atoms with van der Waals surface area (Å²) < 4.78 is 6.63. The quantitative estimate of drug-likeness (QED) is 0.741. The smallest absolute Gasteiger partial charge is 0.222 e. The van der Waals surface area contributed by atoms with Gasteiger partial charge in [0.05, 0.1) is 0 Å². The van der Waals surface area contributed by atoms with Crippen molar-refractivity contribution in [3.8, 4) is 0 Å². The van der Waals surface area contributed by atoms with Crippen LogP contribution < -0.4 is 0 Å². The average Bonchev–Trinajstić information content (AvgIpc) is 2.64. The number of amides is 1. The molecular weight excluding hydrogens is 380 g/mol. The summed E-state index contributed by atoms with van der Waals surface area (Å²) in [5.41, 5.74) is 1.35. The highest BCUT2D eigenvalue weighted by Gasteiger charge is 2.33. The molecule has 0 bridgehead atoms. The minimum absolute atomic E-state index is 0.317. The molecular formula is C20H29BrN2O2. The first-order chi connectivity index (χ1) is 12.2. The topological polar surface area (TPSA) is 32.8 Å². The number of nitrogens with zero attached hydrogens (tertiary/aromatic N) is 2. The Balaban J connectivity index is 1.58. The van der Waals surface area contributed by atoms with E-state index in [9.17, 15) is 4.79 Å². The minimum atomic E-state index is 0.317. The van der Waals surface area contributed by atoms with Crippen LogP contribution in [0.15, 0.2) is 28.7 Å². The Bertz CT molecular complexity index is 567. The van der Waals surface area contributed by atoms with E-state index in [2.05, 4.69) is 50.0 Å². The lowest BCUT2D eigenvalue weighted by atomic mass is 9.97. The SMILES string of the molecule is CCC(=O)N(C1CCOCC1)C1CCN(Cc2cccc(Br)c2)CC1. The molecule has 1 aromatic carbocycles. The van der Waals surface area contributed by atoms with Gasteiger partial charge < -0.3 is 9.64 Å². The second kappa shape index (κ2) is 9.15. The monoisotopic (exact) mass is 408 g/mol. The van der Waals surface area contributed by atoms with Gasteiger partial charge in [0.1, 0.15) is 0 Å². The molecule has 25 heavy (non-hydrogen) atoms. The summed E-state index contributed by atoms with van der Waals surface area (Å²) in [6.45, 7) is 6.68. The number of carbonyl (C=O) groups excluding carboxylic acids is 1. The van der Waals surface area contributed by atoms with E-state index < -0.39 is 0 Å². The fraction of sp³-hybridized carbons (Fsp3) is 0.650. The van der Waals surface area contributed by atoms with Crippen LogP contribution in [0.25, 0.3) is 0 Å². The fourth-order valence-electron chi connectivity index (χ4n) is 4.10. The second-order valence-corrected chi connectivity index (χ2v) is 8.05. The van der Waals surface area contributed by atoms with E-state index in [1.54, 1.807) is 0 Å². The third-order valence-corrected chi connectivity index (χ3v) is 5.91. The first-order valence-corrected chi connectivity index (χ1v) is 10.3. The van der Waals surface area contributed by atoms with E-state index in [-0.39, 0.29) is 0 Å². The van der Waals surface area contributed by atoms with Gasteiger partial charge in [-0.1, -0.05) is 35.0 Å². The summed E-state index contributed by atoms with van der Waals surface area (Å²) in [6, 6.07) is 9.32. The van der Waals surface area contributed by atoms with Gasteiger partial charge in [0.15, 0.2) is 0 Å². The number of rotatable bonds is 5. The normalized spacial score (nSPS) is 20.6. The molecule has 1 aromatic rings. The van der Waals surface area contributed by atoms with Gasteiger partial charge in [-0.3, -0.25) is 9.69 Å². The Morgan fingerprint density at radius 3 is 2.52 bits per heavy atom. The molecule has 2 saturated heterocycles. The summed E-state index contributed by atoms with van der Waals surface area (Å²) >= 11 is 3.55. The molecule has 0 unspecified atom stereocenters. The van der Waals surface area contributed by atoms with Crippen molar-refractivity contribution in [3.05, 3.63) is 34.3 Å². The van der Waals surface area contributed by atoms with Crippen LogP contribution in [0.2, 0.25) is 0 Å². The molecule has 1 amide bonds. The van der Waals surface area contributed by atoms with Gasteiger partial charge in [-0.2, -0.15) is 0 Å². The van der Waals surface area contributed by atoms with Gasteiger partial charge >= 0.3 is 0 Å². The maximum absolute atomic E-state index is 12.6. The number of likely N-dealkylation sites (tertiary alicyclic amines) is 1. The van der Waals surface area contributed by atoms with Crippen molar-refractivity contribution in [1.82, 2.24) is 9.80 Å². The van der Waals surface area contributed by atoms with Crippen LogP contribution in [0.1, 0.15) is 44.6 Å². The minimum Gasteiger partial charge on any atom is -0.381 e. The Kier molecular flexibility index (Phi) is 6.91. The number of hydrogen-bond acceptors (Lipinski definition) is 3. The molecule has 0 N–H and O–H groups in total. The zero-order valence-corrected chi connectivity index (χ0v) is 16.7. The van der Waals surface area contributed by atoms with Gasteiger partial charge in [0.25, 0.3) is 0 Å². The van der Waals surface area contributed by atoms with Crippen molar-refractivity contribution in [3.63, 3.8) is 0 Å².